The monoisotopic (exact) mass is 346 g/mol. The summed E-state index contributed by atoms with van der Waals surface area (Å²) >= 11 is 7.58. The third-order valence-corrected chi connectivity index (χ3v) is 7.44. The minimum absolute atomic E-state index is 0.0768. The summed E-state index contributed by atoms with van der Waals surface area (Å²) in [6, 6.07) is 8.08. The van der Waals surface area contributed by atoms with E-state index < -0.39 is 0 Å². The molecule has 3 saturated carbocycles. The van der Waals surface area contributed by atoms with Crippen molar-refractivity contribution in [3.05, 3.63) is 34.2 Å². The lowest BCUT2D eigenvalue weighted by Crippen LogP contribution is -2.60. The van der Waals surface area contributed by atoms with Crippen molar-refractivity contribution in [2.24, 2.45) is 11.8 Å². The van der Waals surface area contributed by atoms with Crippen LogP contribution in [0.15, 0.2) is 24.3 Å². The molecule has 1 aromatic carbocycles. The van der Waals surface area contributed by atoms with Crippen LogP contribution in [-0.4, -0.2) is 24.0 Å². The van der Waals surface area contributed by atoms with E-state index in [1.54, 1.807) is 0 Å². The van der Waals surface area contributed by atoms with Crippen LogP contribution in [0.2, 0.25) is 5.02 Å². The van der Waals surface area contributed by atoms with Gasteiger partial charge in [-0.1, -0.05) is 17.7 Å². The van der Waals surface area contributed by atoms with Gasteiger partial charge in [0.1, 0.15) is 0 Å². The van der Waals surface area contributed by atoms with Crippen molar-refractivity contribution >= 4 is 38.9 Å². The number of nitrogens with one attached hydrogen (secondary N) is 2. The quantitative estimate of drug-likeness (QED) is 0.812. The van der Waals surface area contributed by atoms with Gasteiger partial charge >= 0.3 is 0 Å². The summed E-state index contributed by atoms with van der Waals surface area (Å²) in [6.45, 7) is 1.07. The van der Waals surface area contributed by atoms with E-state index >= 15 is 0 Å². The van der Waals surface area contributed by atoms with Crippen molar-refractivity contribution < 1.29 is 4.79 Å². The summed E-state index contributed by atoms with van der Waals surface area (Å²) in [5, 5.41) is 8.78. The SMILES string of the molecule is O=C(NC1C2CCC(CC2)[C@@]12CN2)c1cc2ccc(Cl)cc2s1. The Hall–Kier alpha value is -1.10. The average molecular weight is 347 g/mol. The lowest BCUT2D eigenvalue weighted by Gasteiger charge is -2.48. The van der Waals surface area contributed by atoms with Gasteiger partial charge < -0.3 is 10.6 Å². The Morgan fingerprint density at radius 3 is 2.78 bits per heavy atom. The van der Waals surface area contributed by atoms with Crippen LogP contribution in [0.5, 0.6) is 0 Å². The molecule has 2 aromatic rings. The van der Waals surface area contributed by atoms with Crippen molar-refractivity contribution in [2.45, 2.75) is 37.3 Å². The van der Waals surface area contributed by atoms with E-state index in [0.717, 1.165) is 32.4 Å². The number of hydrogen-bond donors (Lipinski definition) is 2. The maximum Gasteiger partial charge on any atom is 0.261 e. The van der Waals surface area contributed by atoms with Gasteiger partial charge in [-0.25, -0.2) is 0 Å². The second-order valence-electron chi connectivity index (χ2n) is 7.25. The van der Waals surface area contributed by atoms with E-state index in [1.165, 1.54) is 37.0 Å². The summed E-state index contributed by atoms with van der Waals surface area (Å²) in [6.07, 6.45) is 5.18. The highest BCUT2D eigenvalue weighted by atomic mass is 35.5. The molecule has 0 radical (unpaired) electrons. The minimum Gasteiger partial charge on any atom is -0.346 e. The van der Waals surface area contributed by atoms with Crippen LogP contribution in [0.25, 0.3) is 10.1 Å². The topological polar surface area (TPSA) is 51.0 Å². The molecule has 4 aliphatic rings. The van der Waals surface area contributed by atoms with Crippen LogP contribution in [0.3, 0.4) is 0 Å². The summed E-state index contributed by atoms with van der Waals surface area (Å²) < 4.78 is 1.08. The summed E-state index contributed by atoms with van der Waals surface area (Å²) in [5.41, 5.74) is 0.205. The Bertz CT molecular complexity index is 789. The maximum atomic E-state index is 12.8. The number of thiophene rings is 1. The molecule has 6 rings (SSSR count). The number of carbonyl (C=O) groups is 1. The van der Waals surface area contributed by atoms with Gasteiger partial charge in [-0.05, 0) is 61.1 Å². The van der Waals surface area contributed by atoms with Crippen LogP contribution < -0.4 is 10.6 Å². The van der Waals surface area contributed by atoms with Gasteiger partial charge in [-0.3, -0.25) is 4.79 Å². The molecule has 1 aromatic heterocycles. The van der Waals surface area contributed by atoms with Gasteiger partial charge in [-0.15, -0.1) is 11.3 Å². The van der Waals surface area contributed by atoms with Gasteiger partial charge in [-0.2, -0.15) is 0 Å². The Morgan fingerprint density at radius 1 is 1.26 bits per heavy atom. The first-order valence-corrected chi connectivity index (χ1v) is 9.60. The van der Waals surface area contributed by atoms with E-state index in [4.69, 9.17) is 11.6 Å². The van der Waals surface area contributed by atoms with Crippen molar-refractivity contribution in [1.29, 1.82) is 0 Å². The Balaban J connectivity index is 1.42. The molecule has 2 heterocycles. The third-order valence-electron chi connectivity index (χ3n) is 6.10. The molecule has 1 saturated heterocycles. The number of amides is 1. The molecular formula is C18H19ClN2OS. The Kier molecular flexibility index (Phi) is 3.07. The molecule has 4 fully saturated rings. The molecule has 1 aliphatic heterocycles. The Morgan fingerprint density at radius 2 is 2.04 bits per heavy atom. The van der Waals surface area contributed by atoms with Gasteiger partial charge in [0.05, 0.1) is 16.5 Å². The zero-order valence-corrected chi connectivity index (χ0v) is 14.3. The van der Waals surface area contributed by atoms with Crippen molar-refractivity contribution in [3.8, 4) is 0 Å². The number of benzene rings is 1. The average Bonchev–Trinajstić information content (AvgIpc) is 3.22. The number of fused-ring (bicyclic) bond motifs is 3. The molecule has 2 N–H and O–H groups in total. The smallest absolute Gasteiger partial charge is 0.261 e. The fraction of sp³-hybridized carbons (Fsp3) is 0.500. The fourth-order valence-electron chi connectivity index (χ4n) is 4.83. The van der Waals surface area contributed by atoms with E-state index in [1.807, 2.05) is 24.3 Å². The zero-order valence-electron chi connectivity index (χ0n) is 12.8. The molecule has 2 bridgehead atoms. The highest BCUT2D eigenvalue weighted by Crippen LogP contribution is 2.51. The summed E-state index contributed by atoms with van der Waals surface area (Å²) in [7, 11) is 0. The Labute approximate surface area is 144 Å². The largest absolute Gasteiger partial charge is 0.346 e. The predicted octanol–water partition coefficient (Wildman–Crippen LogP) is 3.82. The number of hydrogen-bond acceptors (Lipinski definition) is 3. The summed E-state index contributed by atoms with van der Waals surface area (Å²) in [5.74, 6) is 1.47. The van der Waals surface area contributed by atoms with Crippen molar-refractivity contribution in [3.63, 3.8) is 0 Å². The maximum absolute atomic E-state index is 12.8. The minimum atomic E-state index is 0.0768. The number of carbonyl (C=O) groups excluding carboxylic acids is 1. The van der Waals surface area contributed by atoms with E-state index in [0.29, 0.717) is 12.0 Å². The van der Waals surface area contributed by atoms with Gasteiger partial charge in [0.2, 0.25) is 0 Å². The number of halogens is 1. The molecule has 3 nitrogen and oxygen atoms in total. The highest BCUT2D eigenvalue weighted by molar-refractivity contribution is 7.20. The van der Waals surface area contributed by atoms with Crippen LogP contribution in [-0.2, 0) is 0 Å². The van der Waals surface area contributed by atoms with Crippen LogP contribution in [0, 0.1) is 11.8 Å². The molecule has 120 valence electrons. The van der Waals surface area contributed by atoms with Crippen molar-refractivity contribution in [1.82, 2.24) is 10.6 Å². The van der Waals surface area contributed by atoms with Crippen LogP contribution >= 0.6 is 22.9 Å². The molecule has 1 amide bonds. The molecular weight excluding hydrogens is 328 g/mol. The van der Waals surface area contributed by atoms with Gasteiger partial charge in [0.25, 0.3) is 5.91 Å². The molecule has 23 heavy (non-hydrogen) atoms. The predicted molar refractivity (Wildman–Crippen MR) is 94.3 cm³/mol. The van der Waals surface area contributed by atoms with Crippen LogP contribution in [0.4, 0.5) is 0 Å². The van der Waals surface area contributed by atoms with E-state index in [9.17, 15) is 4.79 Å². The van der Waals surface area contributed by atoms with E-state index in [-0.39, 0.29) is 11.4 Å². The van der Waals surface area contributed by atoms with Crippen LogP contribution in [0.1, 0.15) is 35.4 Å². The van der Waals surface area contributed by atoms with Gasteiger partial charge in [0.15, 0.2) is 0 Å². The normalized spacial score (nSPS) is 34.9. The lowest BCUT2D eigenvalue weighted by atomic mass is 9.61. The fourth-order valence-corrected chi connectivity index (χ4v) is 6.07. The number of rotatable bonds is 2. The molecule has 5 heteroatoms. The first kappa shape index (κ1) is 14.3. The molecule has 3 aliphatic carbocycles. The third kappa shape index (κ3) is 2.15. The standard InChI is InChI=1S/C18H19ClN2OS/c19-13-6-3-11-7-15(23-14(11)8-13)17(22)21-16-10-1-4-12(5-2-10)18(16)9-20-18/h3,6-8,10,12,16,20H,1-2,4-5,9H2,(H,21,22)/t10?,12?,16?,18-/m0/s1. The van der Waals surface area contributed by atoms with E-state index in [2.05, 4.69) is 10.6 Å². The summed E-state index contributed by atoms with van der Waals surface area (Å²) in [4.78, 5) is 13.6. The molecule has 2 atom stereocenters. The second kappa shape index (κ2) is 4.95. The first-order chi connectivity index (χ1) is 11.2. The highest BCUT2D eigenvalue weighted by Gasteiger charge is 2.61. The zero-order chi connectivity index (χ0) is 15.6. The second-order valence-corrected chi connectivity index (χ2v) is 8.77. The molecule has 1 unspecified atom stereocenters. The first-order valence-electron chi connectivity index (χ1n) is 8.41. The van der Waals surface area contributed by atoms with Gasteiger partial charge in [0, 0.05) is 16.3 Å². The molecule has 1 spiro atoms. The lowest BCUT2D eigenvalue weighted by molar-refractivity contribution is 0.0637. The van der Waals surface area contributed by atoms with Crippen molar-refractivity contribution in [2.75, 3.05) is 6.54 Å².